The van der Waals surface area contributed by atoms with Crippen LogP contribution in [0.3, 0.4) is 0 Å². The zero-order chi connectivity index (χ0) is 35.6. The molecule has 252 valence electrons. The largest absolute Gasteiger partial charge is 0.481 e. The molecule has 0 radical (unpaired) electrons. The number of hydrogen-bond donors (Lipinski definition) is 1. The maximum Gasteiger partial charge on any atom is 0.410 e. The lowest BCUT2D eigenvalue weighted by Crippen LogP contribution is -2.45. The van der Waals surface area contributed by atoms with Crippen molar-refractivity contribution < 1.29 is 19.1 Å². The quantitative estimate of drug-likeness (QED) is 0.190. The molecule has 0 fully saturated rings. The predicted molar refractivity (Wildman–Crippen MR) is 193 cm³/mol. The van der Waals surface area contributed by atoms with E-state index in [4.69, 9.17) is 19.4 Å². The first-order chi connectivity index (χ1) is 23.9. The number of amides is 2. The summed E-state index contributed by atoms with van der Waals surface area (Å²) in [6.07, 6.45) is 4.76. The van der Waals surface area contributed by atoms with Crippen molar-refractivity contribution in [2.24, 2.45) is 0 Å². The number of rotatable bonds is 6. The van der Waals surface area contributed by atoms with Crippen LogP contribution in [0.15, 0.2) is 85.3 Å². The third kappa shape index (κ3) is 7.10. The second-order valence-corrected chi connectivity index (χ2v) is 12.8. The maximum atomic E-state index is 13.4. The summed E-state index contributed by atoms with van der Waals surface area (Å²) in [5, 5.41) is 3.81. The molecule has 11 nitrogen and oxygen atoms in total. The van der Waals surface area contributed by atoms with Gasteiger partial charge in [0, 0.05) is 42.2 Å². The number of benzene rings is 1. The number of aryl methyl sites for hydroxylation is 1. The van der Waals surface area contributed by atoms with Crippen LogP contribution in [0.5, 0.6) is 5.88 Å². The number of anilines is 1. The number of nitrogens with one attached hydrogen (secondary N) is 1. The van der Waals surface area contributed by atoms with Gasteiger partial charge >= 0.3 is 6.09 Å². The molecule has 6 rings (SSSR count). The molecule has 6 aromatic rings. The monoisotopic (exact) mass is 667 g/mol. The Hall–Kier alpha value is -6.28. The third-order valence-electron chi connectivity index (χ3n) is 7.97. The number of pyridine rings is 4. The van der Waals surface area contributed by atoms with Gasteiger partial charge in [-0.25, -0.2) is 19.7 Å². The topological polar surface area (TPSA) is 124 Å². The van der Waals surface area contributed by atoms with Gasteiger partial charge in [0.25, 0.3) is 0 Å². The van der Waals surface area contributed by atoms with Gasteiger partial charge in [0.05, 0.1) is 23.9 Å². The lowest BCUT2D eigenvalue weighted by molar-refractivity contribution is -0.120. The molecule has 0 aliphatic carbocycles. The lowest BCUT2D eigenvalue weighted by atomic mass is 10.0. The van der Waals surface area contributed by atoms with Crippen LogP contribution in [0.1, 0.15) is 44.5 Å². The van der Waals surface area contributed by atoms with Crippen LogP contribution in [0.4, 0.5) is 10.6 Å². The average molecular weight is 668 g/mol. The highest BCUT2D eigenvalue weighted by Gasteiger charge is 2.28. The number of nitrogens with zero attached hydrogens (tertiary/aromatic N) is 6. The van der Waals surface area contributed by atoms with Gasteiger partial charge in [0.1, 0.15) is 34.5 Å². The van der Waals surface area contributed by atoms with Crippen molar-refractivity contribution in [3.8, 4) is 40.2 Å². The average Bonchev–Trinajstić information content (AvgIpc) is 3.47. The van der Waals surface area contributed by atoms with E-state index < -0.39 is 23.6 Å². The number of aromatic nitrogens is 5. The molecule has 0 unspecified atom stereocenters. The molecule has 2 amide bonds. The summed E-state index contributed by atoms with van der Waals surface area (Å²) in [5.74, 6) is 6.78. The van der Waals surface area contributed by atoms with E-state index in [2.05, 4.69) is 27.1 Å². The minimum Gasteiger partial charge on any atom is -0.481 e. The lowest BCUT2D eigenvalue weighted by Gasteiger charge is -2.28. The summed E-state index contributed by atoms with van der Waals surface area (Å²) in [6.45, 7) is 8.94. The highest BCUT2D eigenvalue weighted by Crippen LogP contribution is 2.38. The van der Waals surface area contributed by atoms with Crippen molar-refractivity contribution >= 4 is 34.4 Å². The van der Waals surface area contributed by atoms with Crippen molar-refractivity contribution in [2.75, 3.05) is 19.5 Å². The molecule has 1 aromatic carbocycles. The number of carbonyl (C=O) groups excluding carboxylic acids is 2. The molecule has 0 saturated carbocycles. The number of likely N-dealkylation sites (N-methyl/N-ethyl adjacent to an activating group) is 1. The van der Waals surface area contributed by atoms with Crippen LogP contribution in [-0.4, -0.2) is 67.0 Å². The summed E-state index contributed by atoms with van der Waals surface area (Å²) >= 11 is 0. The molecule has 0 aliphatic rings. The zero-order valence-corrected chi connectivity index (χ0v) is 29.0. The van der Waals surface area contributed by atoms with Gasteiger partial charge in [-0.2, -0.15) is 0 Å². The fraction of sp³-hybridized carbons (Fsp3) is 0.231. The van der Waals surface area contributed by atoms with E-state index in [-0.39, 0.29) is 5.82 Å². The Bertz CT molecular complexity index is 2310. The Balaban J connectivity index is 1.47. The van der Waals surface area contributed by atoms with Crippen molar-refractivity contribution in [1.29, 1.82) is 0 Å². The second kappa shape index (κ2) is 13.7. The summed E-state index contributed by atoms with van der Waals surface area (Å²) in [4.78, 5) is 46.0. The molecule has 0 bridgehead atoms. The zero-order valence-electron chi connectivity index (χ0n) is 29.0. The molecule has 1 atom stereocenters. The van der Waals surface area contributed by atoms with E-state index in [9.17, 15) is 9.59 Å². The highest BCUT2D eigenvalue weighted by molar-refractivity contribution is 5.96. The Kier molecular flexibility index (Phi) is 9.20. The standard InChI is InChI=1S/C39H37N7O4/c1-24-18-21-46-33(22-24)44-34(29-11-9-20-41-37(29)49-7)35(46)28-14-17-32(43-36(47)25(2)45(6)38(48)50-39(3,4)5)42-31(28)16-13-26-12-15-30-27(23-26)10-8-19-40-30/h8-12,14-15,17-23,25H,1-7H3,(H,42,43,47)/t25-/m0/s1. The van der Waals surface area contributed by atoms with E-state index in [0.29, 0.717) is 28.4 Å². The minimum absolute atomic E-state index is 0.264. The van der Waals surface area contributed by atoms with E-state index in [1.807, 2.05) is 78.2 Å². The van der Waals surface area contributed by atoms with Crippen molar-refractivity contribution in [3.05, 3.63) is 102 Å². The number of hydrogen-bond acceptors (Lipinski definition) is 8. The first-order valence-electron chi connectivity index (χ1n) is 16.0. The molecule has 0 spiro atoms. The molecular formula is C39H37N7O4. The molecule has 50 heavy (non-hydrogen) atoms. The molecule has 11 heteroatoms. The fourth-order valence-corrected chi connectivity index (χ4v) is 5.32. The highest BCUT2D eigenvalue weighted by atomic mass is 16.6. The molecule has 0 aliphatic heterocycles. The molecule has 1 N–H and O–H groups in total. The summed E-state index contributed by atoms with van der Waals surface area (Å²) in [7, 11) is 3.09. The van der Waals surface area contributed by atoms with Crippen LogP contribution < -0.4 is 10.1 Å². The van der Waals surface area contributed by atoms with Crippen LogP contribution in [-0.2, 0) is 9.53 Å². The van der Waals surface area contributed by atoms with Gasteiger partial charge in [-0.1, -0.05) is 12.0 Å². The summed E-state index contributed by atoms with van der Waals surface area (Å²) in [6, 6.07) is 20.1. The normalized spacial score (nSPS) is 11.8. The Morgan fingerprint density at radius 2 is 1.72 bits per heavy atom. The first-order valence-corrected chi connectivity index (χ1v) is 16.0. The molecule has 0 saturated heterocycles. The van der Waals surface area contributed by atoms with Crippen molar-refractivity contribution in [3.63, 3.8) is 0 Å². The maximum absolute atomic E-state index is 13.4. The molecular weight excluding hydrogens is 630 g/mol. The van der Waals surface area contributed by atoms with Crippen molar-refractivity contribution in [1.82, 2.24) is 29.2 Å². The Morgan fingerprint density at radius 3 is 2.50 bits per heavy atom. The van der Waals surface area contributed by atoms with Gasteiger partial charge in [-0.15, -0.1) is 0 Å². The van der Waals surface area contributed by atoms with Gasteiger partial charge in [0.2, 0.25) is 11.8 Å². The molecule has 5 aromatic heterocycles. The second-order valence-electron chi connectivity index (χ2n) is 12.8. The Labute approximate surface area is 290 Å². The Morgan fingerprint density at radius 1 is 0.940 bits per heavy atom. The number of fused-ring (bicyclic) bond motifs is 2. The third-order valence-corrected chi connectivity index (χ3v) is 7.97. The van der Waals surface area contributed by atoms with E-state index >= 15 is 0 Å². The summed E-state index contributed by atoms with van der Waals surface area (Å²) < 4.78 is 13.1. The SMILES string of the molecule is COc1ncccc1-c1nc2cc(C)ccn2c1-c1ccc(NC(=O)[C@H](C)N(C)C(=O)OC(C)(C)C)nc1C#Cc1ccc2ncccc2c1. The van der Waals surface area contributed by atoms with E-state index in [1.54, 1.807) is 53.3 Å². The van der Waals surface area contributed by atoms with E-state index in [0.717, 1.165) is 33.4 Å². The number of carbonyl (C=O) groups is 2. The van der Waals surface area contributed by atoms with Gasteiger partial charge < -0.3 is 14.8 Å². The smallest absolute Gasteiger partial charge is 0.410 e. The first kappa shape index (κ1) is 33.6. The van der Waals surface area contributed by atoms with Crippen LogP contribution >= 0.6 is 0 Å². The predicted octanol–water partition coefficient (Wildman–Crippen LogP) is 6.92. The van der Waals surface area contributed by atoms with Crippen molar-refractivity contribution in [2.45, 2.75) is 46.3 Å². The minimum atomic E-state index is -0.848. The number of ether oxygens (including phenoxy) is 2. The van der Waals surface area contributed by atoms with Crippen LogP contribution in [0.25, 0.3) is 39.1 Å². The van der Waals surface area contributed by atoms with Gasteiger partial charge in [-0.05, 0) is 107 Å². The number of imidazole rings is 1. The summed E-state index contributed by atoms with van der Waals surface area (Å²) in [5.41, 5.74) is 5.82. The van der Waals surface area contributed by atoms with Crippen LogP contribution in [0.2, 0.25) is 0 Å². The molecule has 5 heterocycles. The van der Waals surface area contributed by atoms with Gasteiger partial charge in [-0.3, -0.25) is 19.1 Å². The van der Waals surface area contributed by atoms with Crippen LogP contribution in [0, 0.1) is 18.8 Å². The van der Waals surface area contributed by atoms with E-state index in [1.165, 1.54) is 11.9 Å². The van der Waals surface area contributed by atoms with Gasteiger partial charge in [0.15, 0.2) is 0 Å². The number of methoxy groups -OCH3 is 1. The fourth-order valence-electron chi connectivity index (χ4n) is 5.32.